The third kappa shape index (κ3) is 4.65. The van der Waals surface area contributed by atoms with Crippen molar-refractivity contribution in [2.75, 3.05) is 13.1 Å². The van der Waals surface area contributed by atoms with Crippen molar-refractivity contribution in [1.82, 2.24) is 20.1 Å². The maximum Gasteiger partial charge on any atom is 0.222 e. The van der Waals surface area contributed by atoms with E-state index in [9.17, 15) is 4.79 Å². The highest BCUT2D eigenvalue weighted by Crippen LogP contribution is 2.22. The van der Waals surface area contributed by atoms with Gasteiger partial charge in [-0.1, -0.05) is 6.07 Å². The number of likely N-dealkylation sites (tertiary alicyclic amines) is 1. The van der Waals surface area contributed by atoms with Crippen molar-refractivity contribution in [3.63, 3.8) is 0 Å². The van der Waals surface area contributed by atoms with E-state index >= 15 is 0 Å². The van der Waals surface area contributed by atoms with Gasteiger partial charge in [0.1, 0.15) is 0 Å². The van der Waals surface area contributed by atoms with E-state index in [0.717, 1.165) is 45.2 Å². The van der Waals surface area contributed by atoms with Gasteiger partial charge in [0.05, 0.1) is 6.20 Å². The molecule has 0 bridgehead atoms. The molecule has 23 heavy (non-hydrogen) atoms. The molecule has 1 aliphatic heterocycles. The van der Waals surface area contributed by atoms with Crippen molar-refractivity contribution >= 4 is 5.91 Å². The van der Waals surface area contributed by atoms with Crippen LogP contribution in [0.4, 0.5) is 0 Å². The molecule has 2 aromatic heterocycles. The number of aromatic nitrogens is 3. The Hall–Kier alpha value is -2.17. The highest BCUT2D eigenvalue weighted by atomic mass is 16.2. The van der Waals surface area contributed by atoms with Gasteiger partial charge in [-0.3, -0.25) is 14.9 Å². The molecule has 0 spiro atoms. The van der Waals surface area contributed by atoms with Gasteiger partial charge in [0.25, 0.3) is 0 Å². The number of aromatic amines is 1. The molecule has 2 aromatic rings. The highest BCUT2D eigenvalue weighted by Gasteiger charge is 2.22. The summed E-state index contributed by atoms with van der Waals surface area (Å²) in [5.41, 5.74) is 2.48. The van der Waals surface area contributed by atoms with E-state index in [2.05, 4.69) is 21.2 Å². The molecule has 0 aliphatic carbocycles. The lowest BCUT2D eigenvalue weighted by Crippen LogP contribution is -2.38. The molecular formula is C18H24N4O. The number of nitrogens with zero attached hydrogens (tertiary/aromatic N) is 3. The first kappa shape index (κ1) is 15.7. The van der Waals surface area contributed by atoms with Crippen LogP contribution in [0.25, 0.3) is 0 Å². The smallest absolute Gasteiger partial charge is 0.222 e. The number of hydrogen-bond donors (Lipinski definition) is 1. The normalized spacial score (nSPS) is 15.7. The van der Waals surface area contributed by atoms with Gasteiger partial charge in [-0.15, -0.1) is 0 Å². The Morgan fingerprint density at radius 3 is 2.83 bits per heavy atom. The van der Waals surface area contributed by atoms with Crippen molar-refractivity contribution in [3.8, 4) is 0 Å². The molecule has 1 amide bonds. The number of carbonyl (C=O) groups excluding carboxylic acids is 1. The second-order valence-corrected chi connectivity index (χ2v) is 6.35. The predicted molar refractivity (Wildman–Crippen MR) is 88.8 cm³/mol. The Bertz CT molecular complexity index is 589. The number of hydrogen-bond acceptors (Lipinski definition) is 3. The van der Waals surface area contributed by atoms with E-state index in [-0.39, 0.29) is 0 Å². The molecule has 0 unspecified atom stereocenters. The third-order valence-corrected chi connectivity index (χ3v) is 4.63. The fourth-order valence-electron chi connectivity index (χ4n) is 3.25. The zero-order chi connectivity index (χ0) is 15.9. The Labute approximate surface area is 137 Å². The maximum atomic E-state index is 12.3. The molecule has 0 aromatic carbocycles. The highest BCUT2D eigenvalue weighted by molar-refractivity contribution is 5.76. The average molecular weight is 312 g/mol. The van der Waals surface area contributed by atoms with Crippen LogP contribution in [0.2, 0.25) is 0 Å². The van der Waals surface area contributed by atoms with Crippen LogP contribution in [0.5, 0.6) is 0 Å². The van der Waals surface area contributed by atoms with Crippen LogP contribution in [0.3, 0.4) is 0 Å². The van der Waals surface area contributed by atoms with E-state index in [4.69, 9.17) is 0 Å². The number of amides is 1. The zero-order valence-electron chi connectivity index (χ0n) is 13.4. The minimum absolute atomic E-state index is 0.299. The molecule has 3 heterocycles. The quantitative estimate of drug-likeness (QED) is 0.892. The Morgan fingerprint density at radius 1 is 1.26 bits per heavy atom. The van der Waals surface area contributed by atoms with Gasteiger partial charge in [-0.2, -0.15) is 5.10 Å². The van der Waals surface area contributed by atoms with Crippen molar-refractivity contribution in [1.29, 1.82) is 0 Å². The summed E-state index contributed by atoms with van der Waals surface area (Å²) in [7, 11) is 0. The molecule has 3 rings (SSSR count). The van der Waals surface area contributed by atoms with Crippen molar-refractivity contribution < 1.29 is 4.79 Å². The Balaban J connectivity index is 1.37. The van der Waals surface area contributed by atoms with Gasteiger partial charge < -0.3 is 4.90 Å². The number of piperidine rings is 1. The molecule has 5 heteroatoms. The molecule has 1 N–H and O–H groups in total. The fourth-order valence-corrected chi connectivity index (χ4v) is 3.25. The van der Waals surface area contributed by atoms with Crippen molar-refractivity contribution in [2.45, 2.75) is 38.5 Å². The van der Waals surface area contributed by atoms with Crippen molar-refractivity contribution in [2.24, 2.45) is 5.92 Å². The number of aryl methyl sites for hydroxylation is 1. The summed E-state index contributed by atoms with van der Waals surface area (Å²) in [6.45, 7) is 1.80. The SMILES string of the molecule is O=C(CCCc1cn[nH]c1)N1CCC(Cc2cccnc2)CC1. The first-order chi connectivity index (χ1) is 11.3. The van der Waals surface area contributed by atoms with Gasteiger partial charge in [0.15, 0.2) is 0 Å². The molecule has 1 saturated heterocycles. The molecule has 122 valence electrons. The molecule has 5 nitrogen and oxygen atoms in total. The summed E-state index contributed by atoms with van der Waals surface area (Å²) in [4.78, 5) is 18.5. The van der Waals surface area contributed by atoms with Crippen molar-refractivity contribution in [3.05, 3.63) is 48.0 Å². The summed E-state index contributed by atoms with van der Waals surface area (Å²) >= 11 is 0. The predicted octanol–water partition coefficient (Wildman–Crippen LogP) is 2.61. The monoisotopic (exact) mass is 312 g/mol. The molecular weight excluding hydrogens is 288 g/mol. The second-order valence-electron chi connectivity index (χ2n) is 6.35. The lowest BCUT2D eigenvalue weighted by molar-refractivity contribution is -0.132. The molecule has 0 radical (unpaired) electrons. The summed E-state index contributed by atoms with van der Waals surface area (Å²) in [5, 5.41) is 6.73. The molecule has 1 aliphatic rings. The first-order valence-corrected chi connectivity index (χ1v) is 8.45. The Kier molecular flexibility index (Phi) is 5.40. The molecule has 1 fully saturated rings. The summed E-state index contributed by atoms with van der Waals surface area (Å²) < 4.78 is 0. The topological polar surface area (TPSA) is 61.9 Å². The summed E-state index contributed by atoms with van der Waals surface area (Å²) in [6.07, 6.45) is 13.2. The number of H-pyrrole nitrogens is 1. The fraction of sp³-hybridized carbons (Fsp3) is 0.500. The van der Waals surface area contributed by atoms with E-state index in [0.29, 0.717) is 18.2 Å². The van der Waals surface area contributed by atoms with Crippen LogP contribution in [0.1, 0.15) is 36.8 Å². The molecule has 0 saturated carbocycles. The van der Waals surface area contributed by atoms with Gasteiger partial charge >= 0.3 is 0 Å². The number of carbonyl (C=O) groups is 1. The van der Waals surface area contributed by atoms with Gasteiger partial charge in [0.2, 0.25) is 5.91 Å². The largest absolute Gasteiger partial charge is 0.343 e. The number of pyridine rings is 1. The lowest BCUT2D eigenvalue weighted by atomic mass is 9.90. The average Bonchev–Trinajstić information content (AvgIpc) is 3.10. The zero-order valence-corrected chi connectivity index (χ0v) is 13.4. The van der Waals surface area contributed by atoms with E-state index in [1.54, 1.807) is 0 Å². The lowest BCUT2D eigenvalue weighted by Gasteiger charge is -2.32. The third-order valence-electron chi connectivity index (χ3n) is 4.63. The summed E-state index contributed by atoms with van der Waals surface area (Å²) in [5.74, 6) is 0.975. The number of rotatable bonds is 6. The van der Waals surface area contributed by atoms with E-state index in [1.165, 1.54) is 11.1 Å². The molecule has 0 atom stereocenters. The maximum absolute atomic E-state index is 12.3. The van der Waals surface area contributed by atoms with Crippen LogP contribution < -0.4 is 0 Å². The van der Waals surface area contributed by atoms with Gasteiger partial charge in [0, 0.05) is 38.1 Å². The summed E-state index contributed by atoms with van der Waals surface area (Å²) in [6, 6.07) is 4.13. The van der Waals surface area contributed by atoms with Crippen LogP contribution in [0.15, 0.2) is 36.9 Å². The van der Waals surface area contributed by atoms with E-state index < -0.39 is 0 Å². The van der Waals surface area contributed by atoms with Gasteiger partial charge in [-0.25, -0.2) is 0 Å². The van der Waals surface area contributed by atoms with Crippen LogP contribution in [0, 0.1) is 5.92 Å². The Morgan fingerprint density at radius 2 is 2.13 bits per heavy atom. The van der Waals surface area contributed by atoms with Crippen LogP contribution in [-0.2, 0) is 17.6 Å². The van der Waals surface area contributed by atoms with Crippen LogP contribution in [-0.4, -0.2) is 39.1 Å². The number of nitrogens with one attached hydrogen (secondary N) is 1. The van der Waals surface area contributed by atoms with Gasteiger partial charge in [-0.05, 0) is 55.2 Å². The van der Waals surface area contributed by atoms with Crippen LogP contribution >= 0.6 is 0 Å². The second kappa shape index (κ2) is 7.90. The standard InChI is InChI=1S/C18H24N4O/c23-18(5-1-3-17-13-20-21-14-17)22-9-6-15(7-10-22)11-16-4-2-8-19-12-16/h2,4,8,12-15H,1,3,5-7,9-11H2,(H,20,21). The minimum Gasteiger partial charge on any atom is -0.343 e. The van der Waals surface area contributed by atoms with E-state index in [1.807, 2.05) is 35.8 Å². The minimum atomic E-state index is 0.299. The first-order valence-electron chi connectivity index (χ1n) is 8.45.